The standard InChI is InChI=1S/C11H18N4O3/c1-15-5-8(4-14-15)9(12)10(16)13-6-11(17)2-3-18-7-11/h4-5,9,17H,2-3,6-7,12H2,1H3,(H,13,16). The van der Waals surface area contributed by atoms with Crippen molar-refractivity contribution in [1.29, 1.82) is 0 Å². The van der Waals surface area contributed by atoms with Crippen LogP contribution >= 0.6 is 0 Å². The van der Waals surface area contributed by atoms with E-state index in [-0.39, 0.29) is 19.1 Å². The summed E-state index contributed by atoms with van der Waals surface area (Å²) < 4.78 is 6.68. The zero-order valence-corrected chi connectivity index (χ0v) is 10.3. The quantitative estimate of drug-likeness (QED) is 0.619. The summed E-state index contributed by atoms with van der Waals surface area (Å²) in [7, 11) is 1.76. The third kappa shape index (κ3) is 2.87. The van der Waals surface area contributed by atoms with Crippen molar-refractivity contribution < 1.29 is 14.6 Å². The Hall–Kier alpha value is -1.44. The van der Waals surface area contributed by atoms with Gasteiger partial charge in [0, 0.05) is 38.4 Å². The summed E-state index contributed by atoms with van der Waals surface area (Å²) in [6.45, 7) is 0.913. The number of carbonyl (C=O) groups is 1. The number of hydrogen-bond acceptors (Lipinski definition) is 5. The van der Waals surface area contributed by atoms with E-state index in [4.69, 9.17) is 10.5 Å². The molecule has 0 bridgehead atoms. The number of aromatic nitrogens is 2. The third-order valence-corrected chi connectivity index (χ3v) is 3.04. The van der Waals surface area contributed by atoms with Gasteiger partial charge in [-0.05, 0) is 0 Å². The van der Waals surface area contributed by atoms with Crippen LogP contribution in [0.4, 0.5) is 0 Å². The van der Waals surface area contributed by atoms with E-state index in [9.17, 15) is 9.90 Å². The molecule has 0 spiro atoms. The highest BCUT2D eigenvalue weighted by Crippen LogP contribution is 2.17. The van der Waals surface area contributed by atoms with Crippen LogP contribution in [0.2, 0.25) is 0 Å². The molecule has 1 fully saturated rings. The predicted molar refractivity (Wildman–Crippen MR) is 63.5 cm³/mol. The van der Waals surface area contributed by atoms with Crippen molar-refractivity contribution in [2.75, 3.05) is 19.8 Å². The topological polar surface area (TPSA) is 102 Å². The summed E-state index contributed by atoms with van der Waals surface area (Å²) in [5.41, 5.74) is 5.48. The molecule has 2 atom stereocenters. The van der Waals surface area contributed by atoms with Crippen LogP contribution in [0, 0.1) is 0 Å². The van der Waals surface area contributed by atoms with Crippen molar-refractivity contribution in [3.63, 3.8) is 0 Å². The lowest BCUT2D eigenvalue weighted by atomic mass is 10.0. The van der Waals surface area contributed by atoms with Crippen LogP contribution in [0.5, 0.6) is 0 Å². The minimum Gasteiger partial charge on any atom is -0.386 e. The Labute approximate surface area is 105 Å². The van der Waals surface area contributed by atoms with E-state index in [2.05, 4.69) is 10.4 Å². The van der Waals surface area contributed by atoms with Crippen LogP contribution in [0.15, 0.2) is 12.4 Å². The molecule has 0 radical (unpaired) electrons. The van der Waals surface area contributed by atoms with Crippen molar-refractivity contribution in [2.24, 2.45) is 12.8 Å². The number of aliphatic hydroxyl groups is 1. The highest BCUT2D eigenvalue weighted by molar-refractivity contribution is 5.82. The van der Waals surface area contributed by atoms with E-state index in [1.165, 1.54) is 0 Å². The minimum atomic E-state index is -0.968. The van der Waals surface area contributed by atoms with Gasteiger partial charge in [0.05, 0.1) is 12.8 Å². The van der Waals surface area contributed by atoms with Crippen LogP contribution in [0.25, 0.3) is 0 Å². The smallest absolute Gasteiger partial charge is 0.241 e. The molecule has 7 nitrogen and oxygen atoms in total. The number of nitrogens with two attached hydrogens (primary N) is 1. The minimum absolute atomic E-state index is 0.153. The zero-order valence-electron chi connectivity index (χ0n) is 10.3. The van der Waals surface area contributed by atoms with E-state index in [0.717, 1.165) is 0 Å². The molecule has 0 aromatic carbocycles. The normalized spacial score (nSPS) is 25.1. The number of ether oxygens (including phenoxy) is 1. The number of amides is 1. The van der Waals surface area contributed by atoms with E-state index in [0.29, 0.717) is 18.6 Å². The molecular formula is C11H18N4O3. The van der Waals surface area contributed by atoms with Crippen LogP contribution in [0.3, 0.4) is 0 Å². The van der Waals surface area contributed by atoms with Crippen LogP contribution in [-0.4, -0.2) is 46.2 Å². The van der Waals surface area contributed by atoms with Crippen LogP contribution < -0.4 is 11.1 Å². The molecule has 7 heteroatoms. The van der Waals surface area contributed by atoms with Gasteiger partial charge in [0.1, 0.15) is 11.6 Å². The van der Waals surface area contributed by atoms with E-state index >= 15 is 0 Å². The first-order chi connectivity index (χ1) is 8.50. The van der Waals surface area contributed by atoms with Crippen LogP contribution in [-0.2, 0) is 16.6 Å². The first-order valence-corrected chi connectivity index (χ1v) is 5.82. The second-order valence-electron chi connectivity index (χ2n) is 4.67. The van der Waals surface area contributed by atoms with E-state index in [1.54, 1.807) is 24.1 Å². The Kier molecular flexibility index (Phi) is 3.65. The molecule has 2 heterocycles. The van der Waals surface area contributed by atoms with E-state index in [1.807, 2.05) is 0 Å². The van der Waals surface area contributed by atoms with Gasteiger partial charge in [0.2, 0.25) is 5.91 Å². The lowest BCUT2D eigenvalue weighted by Crippen LogP contribution is -2.45. The fraction of sp³-hybridized carbons (Fsp3) is 0.636. The maximum atomic E-state index is 11.8. The van der Waals surface area contributed by atoms with Gasteiger partial charge in [0.15, 0.2) is 0 Å². The second kappa shape index (κ2) is 5.05. The largest absolute Gasteiger partial charge is 0.386 e. The van der Waals surface area contributed by atoms with Crippen molar-refractivity contribution >= 4 is 5.91 Å². The average molecular weight is 254 g/mol. The molecule has 0 aliphatic carbocycles. The number of nitrogens with one attached hydrogen (secondary N) is 1. The molecule has 2 unspecified atom stereocenters. The van der Waals surface area contributed by atoms with Gasteiger partial charge in [-0.25, -0.2) is 0 Å². The molecule has 1 amide bonds. The van der Waals surface area contributed by atoms with E-state index < -0.39 is 11.6 Å². The van der Waals surface area contributed by atoms with Crippen LogP contribution in [0.1, 0.15) is 18.0 Å². The summed E-state index contributed by atoms with van der Waals surface area (Å²) >= 11 is 0. The zero-order chi connectivity index (χ0) is 13.2. The van der Waals surface area contributed by atoms with Gasteiger partial charge in [0.25, 0.3) is 0 Å². The van der Waals surface area contributed by atoms with Crippen molar-refractivity contribution in [1.82, 2.24) is 15.1 Å². The fourth-order valence-electron chi connectivity index (χ4n) is 1.85. The van der Waals surface area contributed by atoms with Gasteiger partial charge < -0.3 is 20.9 Å². The fourth-order valence-corrected chi connectivity index (χ4v) is 1.85. The van der Waals surface area contributed by atoms with Crippen molar-refractivity contribution in [3.8, 4) is 0 Å². The van der Waals surface area contributed by atoms with Gasteiger partial charge in [-0.3, -0.25) is 9.48 Å². The number of rotatable bonds is 4. The molecule has 18 heavy (non-hydrogen) atoms. The average Bonchev–Trinajstić information content (AvgIpc) is 2.95. The Bertz CT molecular complexity index is 426. The van der Waals surface area contributed by atoms with Gasteiger partial charge >= 0.3 is 0 Å². The second-order valence-corrected chi connectivity index (χ2v) is 4.67. The molecule has 1 saturated heterocycles. The first kappa shape index (κ1) is 13.0. The Balaban J connectivity index is 1.88. The van der Waals surface area contributed by atoms with Gasteiger partial charge in [-0.15, -0.1) is 0 Å². The third-order valence-electron chi connectivity index (χ3n) is 3.04. The molecule has 1 aromatic rings. The molecule has 0 saturated carbocycles. The summed E-state index contributed by atoms with van der Waals surface area (Å²) in [5, 5.41) is 16.6. The van der Waals surface area contributed by atoms with Gasteiger partial charge in [-0.1, -0.05) is 0 Å². The molecule has 4 N–H and O–H groups in total. The Morgan fingerprint density at radius 2 is 2.61 bits per heavy atom. The molecular weight excluding hydrogens is 236 g/mol. The first-order valence-electron chi connectivity index (χ1n) is 5.82. The SMILES string of the molecule is Cn1cc(C(N)C(=O)NCC2(O)CCOC2)cn1. The predicted octanol–water partition coefficient (Wildman–Crippen LogP) is -1.31. The maximum Gasteiger partial charge on any atom is 0.241 e. The summed E-state index contributed by atoms with van der Waals surface area (Å²) in [4.78, 5) is 11.8. The number of aryl methyl sites for hydroxylation is 1. The summed E-state index contributed by atoms with van der Waals surface area (Å²) in [6.07, 6.45) is 3.77. The highest BCUT2D eigenvalue weighted by Gasteiger charge is 2.33. The Morgan fingerprint density at radius 3 is 3.17 bits per heavy atom. The number of hydrogen-bond donors (Lipinski definition) is 3. The summed E-state index contributed by atoms with van der Waals surface area (Å²) in [5.74, 6) is -0.330. The van der Waals surface area contributed by atoms with Crippen molar-refractivity contribution in [2.45, 2.75) is 18.1 Å². The monoisotopic (exact) mass is 254 g/mol. The maximum absolute atomic E-state index is 11.8. The molecule has 100 valence electrons. The molecule has 1 aromatic heterocycles. The number of nitrogens with zero attached hydrogens (tertiary/aromatic N) is 2. The van der Waals surface area contributed by atoms with Gasteiger partial charge in [-0.2, -0.15) is 5.10 Å². The highest BCUT2D eigenvalue weighted by atomic mass is 16.5. The molecule has 2 rings (SSSR count). The lowest BCUT2D eigenvalue weighted by molar-refractivity contribution is -0.123. The summed E-state index contributed by atoms with van der Waals surface area (Å²) in [6, 6.07) is -0.773. The molecule has 1 aliphatic rings. The number of carbonyl (C=O) groups excluding carboxylic acids is 1. The lowest BCUT2D eigenvalue weighted by Gasteiger charge is -2.21. The Morgan fingerprint density at radius 1 is 1.83 bits per heavy atom. The molecule has 1 aliphatic heterocycles. The van der Waals surface area contributed by atoms with Crippen molar-refractivity contribution in [3.05, 3.63) is 18.0 Å².